The second-order valence-corrected chi connectivity index (χ2v) is 10.7. The van der Waals surface area contributed by atoms with Gasteiger partial charge in [0.25, 0.3) is 0 Å². The van der Waals surface area contributed by atoms with Crippen LogP contribution in [-0.4, -0.2) is 49.9 Å². The van der Waals surface area contributed by atoms with E-state index in [9.17, 15) is 14.3 Å². The average Bonchev–Trinajstić information content (AvgIpc) is 3.71. The number of nitrogens with one attached hydrogen (secondary N) is 3. The number of halogens is 1. The van der Waals surface area contributed by atoms with Crippen molar-refractivity contribution < 1.29 is 14.3 Å². The van der Waals surface area contributed by atoms with Crippen molar-refractivity contribution in [2.45, 2.75) is 48.3 Å². The Morgan fingerprint density at radius 1 is 1.20 bits per heavy atom. The number of carbonyl (C=O) groups is 1. The molecule has 3 aromatic rings. The molecule has 1 aromatic carbocycles. The van der Waals surface area contributed by atoms with Crippen LogP contribution in [0.4, 0.5) is 27.5 Å². The summed E-state index contributed by atoms with van der Waals surface area (Å²) in [6.45, 7) is 2.95. The molecule has 35 heavy (non-hydrogen) atoms. The fourth-order valence-electron chi connectivity index (χ4n) is 4.31. The lowest BCUT2D eigenvalue weighted by molar-refractivity contribution is -0.117. The van der Waals surface area contributed by atoms with E-state index < -0.39 is 11.4 Å². The van der Waals surface area contributed by atoms with Crippen molar-refractivity contribution in [3.63, 3.8) is 0 Å². The number of aliphatic hydroxyl groups is 1. The zero-order chi connectivity index (χ0) is 24.2. The standard InChI is InChI=1S/C24H26FN7O2S/c1-13-8-20(31-30-13)27-19-10-21(32-11-24(34,12-32)15-4-5-15)29-23(28-19)35-16-6-7-18(17(25)9-16)26-22(33)14-2-3-14/h6-10,14-15,34H,2-5,11-12H2,1H3,(H,26,33)(H2,27,28,29,30,31). The van der Waals surface area contributed by atoms with Gasteiger partial charge in [-0.3, -0.25) is 9.89 Å². The van der Waals surface area contributed by atoms with Gasteiger partial charge < -0.3 is 20.6 Å². The Balaban J connectivity index is 1.23. The average molecular weight is 496 g/mol. The molecule has 9 nitrogen and oxygen atoms in total. The molecule has 4 N–H and O–H groups in total. The normalized spacial score (nSPS) is 18.8. The molecule has 2 aliphatic carbocycles. The third-order valence-electron chi connectivity index (χ3n) is 6.61. The van der Waals surface area contributed by atoms with Crippen LogP contribution >= 0.6 is 11.8 Å². The molecule has 0 spiro atoms. The highest BCUT2D eigenvalue weighted by atomic mass is 32.2. The number of β-amino-alcohol motifs (C(OH)–C–C–N with tert-alkyl or cyclic N) is 1. The Hall–Kier alpha value is -3.18. The summed E-state index contributed by atoms with van der Waals surface area (Å²) in [5, 5.41) is 24.1. The molecule has 0 atom stereocenters. The molecule has 6 rings (SSSR count). The number of anilines is 4. The summed E-state index contributed by atoms with van der Waals surface area (Å²) in [6, 6.07) is 8.40. The Bertz CT molecular complexity index is 1280. The summed E-state index contributed by atoms with van der Waals surface area (Å²) in [7, 11) is 0. The smallest absolute Gasteiger partial charge is 0.227 e. The minimum absolute atomic E-state index is 0.00301. The molecular weight excluding hydrogens is 469 g/mol. The second-order valence-electron chi connectivity index (χ2n) is 9.68. The molecular formula is C24H26FN7O2S. The minimum atomic E-state index is -0.643. The third-order valence-corrected chi connectivity index (χ3v) is 7.46. The van der Waals surface area contributed by atoms with E-state index in [0.717, 1.165) is 31.4 Å². The van der Waals surface area contributed by atoms with E-state index in [0.29, 0.717) is 46.5 Å². The lowest BCUT2D eigenvalue weighted by atomic mass is 9.89. The number of amides is 1. The molecule has 3 aliphatic rings. The van der Waals surface area contributed by atoms with Crippen LogP contribution in [0.5, 0.6) is 0 Å². The predicted molar refractivity (Wildman–Crippen MR) is 130 cm³/mol. The van der Waals surface area contributed by atoms with Crippen LogP contribution in [0, 0.1) is 24.6 Å². The first-order chi connectivity index (χ1) is 16.8. The van der Waals surface area contributed by atoms with Crippen LogP contribution in [0.3, 0.4) is 0 Å². The molecule has 1 aliphatic heterocycles. The number of aryl methyl sites for hydroxylation is 1. The van der Waals surface area contributed by atoms with E-state index >= 15 is 0 Å². The van der Waals surface area contributed by atoms with Crippen LogP contribution in [0.1, 0.15) is 31.4 Å². The predicted octanol–water partition coefficient (Wildman–Crippen LogP) is 3.85. The SMILES string of the molecule is Cc1cc(Nc2cc(N3CC(O)(C4CC4)C3)nc(Sc3ccc(NC(=O)C4CC4)c(F)c3)n2)[nH]n1. The van der Waals surface area contributed by atoms with Gasteiger partial charge in [-0.2, -0.15) is 5.10 Å². The van der Waals surface area contributed by atoms with Gasteiger partial charge in [-0.25, -0.2) is 14.4 Å². The molecule has 2 aromatic heterocycles. The molecule has 3 heterocycles. The minimum Gasteiger partial charge on any atom is -0.386 e. The van der Waals surface area contributed by atoms with Gasteiger partial charge in [-0.15, -0.1) is 0 Å². The van der Waals surface area contributed by atoms with Gasteiger partial charge in [0.2, 0.25) is 5.91 Å². The van der Waals surface area contributed by atoms with Crippen LogP contribution in [0.25, 0.3) is 0 Å². The molecule has 3 fully saturated rings. The molecule has 0 bridgehead atoms. The number of aromatic nitrogens is 4. The largest absolute Gasteiger partial charge is 0.386 e. The lowest BCUT2D eigenvalue weighted by Gasteiger charge is -2.47. The van der Waals surface area contributed by atoms with Crippen molar-refractivity contribution in [2.75, 3.05) is 28.6 Å². The van der Waals surface area contributed by atoms with Crippen LogP contribution < -0.4 is 15.5 Å². The number of hydrogen-bond donors (Lipinski definition) is 4. The van der Waals surface area contributed by atoms with Crippen LogP contribution in [0.15, 0.2) is 40.4 Å². The molecule has 11 heteroatoms. The van der Waals surface area contributed by atoms with Gasteiger partial charge in [-0.1, -0.05) is 0 Å². The number of benzene rings is 1. The first kappa shape index (κ1) is 22.3. The second kappa shape index (κ2) is 8.49. The molecule has 182 valence electrons. The van der Waals surface area contributed by atoms with E-state index in [4.69, 9.17) is 0 Å². The fraction of sp³-hybridized carbons (Fsp3) is 0.417. The van der Waals surface area contributed by atoms with Crippen molar-refractivity contribution >= 4 is 40.8 Å². The highest BCUT2D eigenvalue weighted by molar-refractivity contribution is 7.99. The van der Waals surface area contributed by atoms with Crippen molar-refractivity contribution in [3.05, 3.63) is 41.8 Å². The Labute approximate surface area is 205 Å². The molecule has 0 radical (unpaired) electrons. The summed E-state index contributed by atoms with van der Waals surface area (Å²) in [5.41, 5.74) is 0.381. The molecule has 1 saturated heterocycles. The zero-order valence-electron chi connectivity index (χ0n) is 19.2. The number of H-pyrrole nitrogens is 1. The maximum atomic E-state index is 14.7. The Morgan fingerprint density at radius 3 is 2.66 bits per heavy atom. The summed E-state index contributed by atoms with van der Waals surface area (Å²) in [6.07, 6.45) is 3.87. The first-order valence-electron chi connectivity index (χ1n) is 11.8. The van der Waals surface area contributed by atoms with Gasteiger partial charge in [0.15, 0.2) is 5.16 Å². The van der Waals surface area contributed by atoms with Gasteiger partial charge in [0, 0.05) is 22.9 Å². The van der Waals surface area contributed by atoms with Gasteiger partial charge in [0.05, 0.1) is 24.5 Å². The van der Waals surface area contributed by atoms with Crippen molar-refractivity contribution in [1.82, 2.24) is 20.2 Å². The van der Waals surface area contributed by atoms with Gasteiger partial charge >= 0.3 is 0 Å². The van der Waals surface area contributed by atoms with Crippen molar-refractivity contribution in [2.24, 2.45) is 11.8 Å². The van der Waals surface area contributed by atoms with E-state index in [2.05, 4.69) is 30.8 Å². The van der Waals surface area contributed by atoms with Crippen LogP contribution in [-0.2, 0) is 4.79 Å². The molecule has 1 amide bonds. The van der Waals surface area contributed by atoms with E-state index in [1.165, 1.54) is 17.8 Å². The van der Waals surface area contributed by atoms with E-state index in [-0.39, 0.29) is 17.5 Å². The van der Waals surface area contributed by atoms with E-state index in [1.807, 2.05) is 24.0 Å². The number of hydrogen-bond acceptors (Lipinski definition) is 8. The van der Waals surface area contributed by atoms with Crippen LogP contribution in [0.2, 0.25) is 0 Å². The number of rotatable bonds is 8. The fourth-order valence-corrected chi connectivity index (χ4v) is 5.10. The number of aromatic amines is 1. The summed E-state index contributed by atoms with van der Waals surface area (Å²) in [5.74, 6) is 1.71. The summed E-state index contributed by atoms with van der Waals surface area (Å²) < 4.78 is 14.7. The number of nitrogens with zero attached hydrogens (tertiary/aromatic N) is 4. The molecule has 2 saturated carbocycles. The van der Waals surface area contributed by atoms with Gasteiger partial charge in [-0.05, 0) is 68.5 Å². The maximum Gasteiger partial charge on any atom is 0.227 e. The maximum absolute atomic E-state index is 14.7. The van der Waals surface area contributed by atoms with Crippen molar-refractivity contribution in [3.8, 4) is 0 Å². The van der Waals surface area contributed by atoms with Crippen molar-refractivity contribution in [1.29, 1.82) is 0 Å². The van der Waals surface area contributed by atoms with Gasteiger partial charge in [0.1, 0.15) is 28.9 Å². The summed E-state index contributed by atoms with van der Waals surface area (Å²) >= 11 is 1.23. The Morgan fingerprint density at radius 2 is 2.00 bits per heavy atom. The molecule has 0 unspecified atom stereocenters. The monoisotopic (exact) mass is 495 g/mol. The first-order valence-corrected chi connectivity index (χ1v) is 12.6. The summed E-state index contributed by atoms with van der Waals surface area (Å²) in [4.78, 5) is 23.9. The zero-order valence-corrected chi connectivity index (χ0v) is 20.0. The third kappa shape index (κ3) is 4.83. The quantitative estimate of drug-likeness (QED) is 0.348. The Kier molecular flexibility index (Phi) is 5.41. The lowest BCUT2D eigenvalue weighted by Crippen LogP contribution is -2.63. The highest BCUT2D eigenvalue weighted by Gasteiger charge is 2.52. The van der Waals surface area contributed by atoms with E-state index in [1.54, 1.807) is 12.1 Å². The number of carbonyl (C=O) groups excluding carboxylic acids is 1. The highest BCUT2D eigenvalue weighted by Crippen LogP contribution is 2.46. The topological polar surface area (TPSA) is 119 Å².